The molecule has 4 aromatic carbocycles. The third kappa shape index (κ3) is 5.23. The molecule has 4 heteroatoms. The fraction of sp³-hybridized carbons (Fsp3) is 0.200. The number of hydrogen-bond donors (Lipinski definition) is 1. The summed E-state index contributed by atoms with van der Waals surface area (Å²) >= 11 is 0. The van der Waals surface area contributed by atoms with E-state index >= 15 is 4.57 Å². The fourth-order valence-corrected chi connectivity index (χ4v) is 7.10. The molecular formula is C30H33N2OP. The molecular weight excluding hydrogens is 435 g/mol. The van der Waals surface area contributed by atoms with Crippen LogP contribution < -0.4 is 15.7 Å². The second kappa shape index (κ2) is 11.4. The van der Waals surface area contributed by atoms with E-state index in [-0.39, 0.29) is 12.1 Å². The average molecular weight is 469 g/mol. The van der Waals surface area contributed by atoms with E-state index in [1.807, 2.05) is 72.8 Å². The van der Waals surface area contributed by atoms with Crippen molar-refractivity contribution in [2.45, 2.75) is 25.9 Å². The van der Waals surface area contributed by atoms with E-state index in [0.29, 0.717) is 0 Å². The largest absolute Gasteiger partial charge is 0.297 e. The van der Waals surface area contributed by atoms with E-state index in [1.165, 1.54) is 5.56 Å². The molecule has 0 aliphatic rings. The minimum Gasteiger partial charge on any atom is -0.297 e. The summed E-state index contributed by atoms with van der Waals surface area (Å²) in [6.45, 7) is 6.16. The minimum atomic E-state index is -3.16. The van der Waals surface area contributed by atoms with Crippen molar-refractivity contribution in [2.24, 2.45) is 0 Å². The Morgan fingerprint density at radius 3 is 1.41 bits per heavy atom. The van der Waals surface area contributed by atoms with Crippen molar-refractivity contribution in [2.75, 3.05) is 13.1 Å². The molecule has 0 aromatic heterocycles. The summed E-state index contributed by atoms with van der Waals surface area (Å²) in [4.78, 5) is 2.44. The molecule has 0 radical (unpaired) electrons. The number of benzene rings is 4. The van der Waals surface area contributed by atoms with Crippen LogP contribution in [0.1, 0.15) is 37.1 Å². The Labute approximate surface area is 203 Å². The Balaban J connectivity index is 1.90. The zero-order valence-electron chi connectivity index (χ0n) is 19.9. The Morgan fingerprint density at radius 2 is 1.00 bits per heavy atom. The van der Waals surface area contributed by atoms with Gasteiger partial charge < -0.3 is 0 Å². The SMILES string of the molecule is CCN(CC)[C@H](c1ccccc1)[C@H](NP(=O)(c1ccccc1)c1ccccc1)c1ccccc1. The minimum absolute atomic E-state index is 0.0133. The Morgan fingerprint density at radius 1 is 0.618 bits per heavy atom. The zero-order chi connectivity index (χ0) is 23.8. The van der Waals surface area contributed by atoms with E-state index in [2.05, 4.69) is 72.4 Å². The lowest BCUT2D eigenvalue weighted by Gasteiger charge is -2.39. The highest BCUT2D eigenvalue weighted by atomic mass is 31.2. The van der Waals surface area contributed by atoms with Gasteiger partial charge in [-0.15, -0.1) is 0 Å². The van der Waals surface area contributed by atoms with Crippen LogP contribution in [0.4, 0.5) is 0 Å². The van der Waals surface area contributed by atoms with Crippen molar-refractivity contribution < 1.29 is 4.57 Å². The van der Waals surface area contributed by atoms with Crippen LogP contribution in [-0.4, -0.2) is 18.0 Å². The molecule has 2 atom stereocenters. The Hall–Kier alpha value is -2.97. The molecule has 4 rings (SSSR count). The molecule has 0 saturated heterocycles. The highest BCUT2D eigenvalue weighted by Gasteiger charge is 2.36. The van der Waals surface area contributed by atoms with Crippen molar-refractivity contribution in [3.05, 3.63) is 132 Å². The van der Waals surface area contributed by atoms with E-state index in [0.717, 1.165) is 29.3 Å². The van der Waals surface area contributed by atoms with Gasteiger partial charge in [-0.1, -0.05) is 111 Å². The topological polar surface area (TPSA) is 32.3 Å². The van der Waals surface area contributed by atoms with Crippen LogP contribution in [0.2, 0.25) is 0 Å². The van der Waals surface area contributed by atoms with Crippen molar-refractivity contribution in [1.82, 2.24) is 9.99 Å². The molecule has 0 spiro atoms. The van der Waals surface area contributed by atoms with Gasteiger partial charge in [-0.3, -0.25) is 14.6 Å². The first kappa shape index (κ1) is 24.2. The van der Waals surface area contributed by atoms with Gasteiger partial charge in [-0.2, -0.15) is 0 Å². The van der Waals surface area contributed by atoms with Gasteiger partial charge in [0.25, 0.3) is 0 Å². The predicted molar refractivity (Wildman–Crippen MR) is 144 cm³/mol. The maximum atomic E-state index is 15.0. The normalized spacial score (nSPS) is 13.5. The zero-order valence-corrected chi connectivity index (χ0v) is 20.8. The Bertz CT molecular complexity index is 1140. The molecule has 174 valence electrons. The van der Waals surface area contributed by atoms with Gasteiger partial charge in [0.15, 0.2) is 0 Å². The summed E-state index contributed by atoms with van der Waals surface area (Å²) in [6.07, 6.45) is 0. The summed E-state index contributed by atoms with van der Waals surface area (Å²) < 4.78 is 15.0. The number of nitrogens with zero attached hydrogens (tertiary/aromatic N) is 1. The number of rotatable bonds is 10. The average Bonchev–Trinajstić information content (AvgIpc) is 2.92. The molecule has 0 amide bonds. The molecule has 0 fully saturated rings. The van der Waals surface area contributed by atoms with Crippen LogP contribution in [0.25, 0.3) is 0 Å². The van der Waals surface area contributed by atoms with Crippen LogP contribution >= 0.6 is 7.29 Å². The van der Waals surface area contributed by atoms with E-state index < -0.39 is 7.29 Å². The lowest BCUT2D eigenvalue weighted by molar-refractivity contribution is 0.183. The second-order valence-electron chi connectivity index (χ2n) is 8.37. The molecule has 0 bridgehead atoms. The summed E-state index contributed by atoms with van der Waals surface area (Å²) in [7, 11) is -3.16. The fourth-order valence-electron chi connectivity index (χ4n) is 4.64. The molecule has 4 aromatic rings. The van der Waals surface area contributed by atoms with Gasteiger partial charge >= 0.3 is 0 Å². The van der Waals surface area contributed by atoms with E-state index in [9.17, 15) is 0 Å². The first-order chi connectivity index (χ1) is 16.7. The van der Waals surface area contributed by atoms with Crippen molar-refractivity contribution in [1.29, 1.82) is 0 Å². The lowest BCUT2D eigenvalue weighted by atomic mass is 9.92. The van der Waals surface area contributed by atoms with Gasteiger partial charge in [0.1, 0.15) is 0 Å². The molecule has 1 N–H and O–H groups in total. The van der Waals surface area contributed by atoms with Crippen LogP contribution in [0.5, 0.6) is 0 Å². The first-order valence-electron chi connectivity index (χ1n) is 12.0. The quantitative estimate of drug-likeness (QED) is 0.276. The van der Waals surface area contributed by atoms with E-state index in [4.69, 9.17) is 0 Å². The summed E-state index contributed by atoms with van der Waals surface area (Å²) in [5.74, 6) is 0. The van der Waals surface area contributed by atoms with Crippen LogP contribution in [0.15, 0.2) is 121 Å². The van der Waals surface area contributed by atoms with Gasteiger partial charge in [0, 0.05) is 10.6 Å². The van der Waals surface area contributed by atoms with Gasteiger partial charge in [-0.05, 0) is 48.5 Å². The Kier molecular flexibility index (Phi) is 8.13. The van der Waals surface area contributed by atoms with Gasteiger partial charge in [0.2, 0.25) is 7.29 Å². The molecule has 3 nitrogen and oxygen atoms in total. The molecule has 0 unspecified atom stereocenters. The van der Waals surface area contributed by atoms with Crippen LogP contribution in [0.3, 0.4) is 0 Å². The molecule has 34 heavy (non-hydrogen) atoms. The summed E-state index contributed by atoms with van der Waals surface area (Å²) in [5, 5.41) is 5.37. The molecule has 0 aliphatic carbocycles. The van der Waals surface area contributed by atoms with Crippen LogP contribution in [0, 0.1) is 0 Å². The summed E-state index contributed by atoms with van der Waals surface area (Å²) in [6, 6.07) is 40.5. The van der Waals surface area contributed by atoms with Crippen LogP contribution in [-0.2, 0) is 4.57 Å². The molecule has 0 aliphatic heterocycles. The molecule has 0 heterocycles. The van der Waals surface area contributed by atoms with Crippen molar-refractivity contribution in [3.8, 4) is 0 Å². The lowest BCUT2D eigenvalue weighted by Crippen LogP contribution is -2.40. The number of nitrogens with one attached hydrogen (secondary N) is 1. The van der Waals surface area contributed by atoms with Crippen molar-refractivity contribution in [3.63, 3.8) is 0 Å². The maximum absolute atomic E-state index is 15.0. The monoisotopic (exact) mass is 468 g/mol. The highest BCUT2D eigenvalue weighted by Crippen LogP contribution is 2.46. The summed E-state index contributed by atoms with van der Waals surface area (Å²) in [5.41, 5.74) is 2.33. The predicted octanol–water partition coefficient (Wildman–Crippen LogP) is 6.33. The highest BCUT2D eigenvalue weighted by molar-refractivity contribution is 7.76. The van der Waals surface area contributed by atoms with E-state index in [1.54, 1.807) is 0 Å². The standard InChI is InChI=1S/C30H33N2OP/c1-3-32(4-2)30(26-19-11-6-12-20-26)29(25-17-9-5-10-18-25)31-34(33,27-21-13-7-14-22-27)28-23-15-8-16-24-28/h5-24,29-30H,3-4H2,1-2H3,(H,31,33)/t29-,30-/m1/s1. The van der Waals surface area contributed by atoms with Gasteiger partial charge in [0.05, 0.1) is 12.1 Å². The third-order valence-corrected chi connectivity index (χ3v) is 9.07. The smallest absolute Gasteiger partial charge is 0.205 e. The van der Waals surface area contributed by atoms with Crippen molar-refractivity contribution >= 4 is 17.9 Å². The second-order valence-corrected chi connectivity index (χ2v) is 10.9. The number of hydrogen-bond acceptors (Lipinski definition) is 2. The molecule has 0 saturated carbocycles. The van der Waals surface area contributed by atoms with Gasteiger partial charge in [-0.25, -0.2) is 0 Å². The third-order valence-electron chi connectivity index (χ3n) is 6.38. The first-order valence-corrected chi connectivity index (χ1v) is 13.7. The number of likely N-dealkylation sites (N-methyl/N-ethyl adjacent to an activating group) is 1. The maximum Gasteiger partial charge on any atom is 0.205 e.